The summed E-state index contributed by atoms with van der Waals surface area (Å²) in [7, 11) is 0. The molecule has 5 nitrogen and oxygen atoms in total. The van der Waals surface area contributed by atoms with Gasteiger partial charge < -0.3 is 0 Å². The van der Waals surface area contributed by atoms with Gasteiger partial charge in [0.2, 0.25) is 0 Å². The molecule has 0 aliphatic heterocycles. The summed E-state index contributed by atoms with van der Waals surface area (Å²) < 4.78 is 29.4. The molecule has 0 unspecified atom stereocenters. The third-order valence-corrected chi connectivity index (χ3v) is 4.17. The minimum atomic E-state index is -4.96. The second-order valence-corrected chi connectivity index (χ2v) is 6.34. The van der Waals surface area contributed by atoms with Crippen molar-refractivity contribution in [3.05, 3.63) is 30.5 Å². The Kier molecular flexibility index (Phi) is 2.30. The van der Waals surface area contributed by atoms with Crippen LogP contribution >= 0.6 is 0 Å². The molecule has 1 heterocycles. The van der Waals surface area contributed by atoms with Gasteiger partial charge in [0.25, 0.3) is 0 Å². The number of rotatable bonds is 1. The Morgan fingerprint density at radius 3 is 2.60 bits per heavy atom. The molecular weight excluding hydrogens is 261 g/mol. The molecular formula is C9H8AsNO4. The first kappa shape index (κ1) is 10.2. The van der Waals surface area contributed by atoms with Crippen LogP contribution in [-0.2, 0) is 3.74 Å². The van der Waals surface area contributed by atoms with Crippen LogP contribution in [0.5, 0.6) is 5.75 Å². The van der Waals surface area contributed by atoms with Crippen LogP contribution in [0.3, 0.4) is 0 Å². The second kappa shape index (κ2) is 3.38. The van der Waals surface area contributed by atoms with E-state index in [2.05, 4.69) is 4.98 Å². The van der Waals surface area contributed by atoms with E-state index < -0.39 is 14.2 Å². The first-order valence-electron chi connectivity index (χ1n) is 4.13. The minimum absolute atomic E-state index is 0.0611. The average molecular weight is 269 g/mol. The number of phenolic OH excluding ortho intramolecular Hbond substituents is 1. The number of phenols is 1. The molecule has 15 heavy (non-hydrogen) atoms. The zero-order chi connectivity index (χ0) is 11.1. The van der Waals surface area contributed by atoms with E-state index >= 15 is 0 Å². The summed E-state index contributed by atoms with van der Waals surface area (Å²) in [6, 6.07) is 5.57. The van der Waals surface area contributed by atoms with Gasteiger partial charge in [-0.2, -0.15) is 0 Å². The van der Waals surface area contributed by atoms with E-state index in [0.29, 0.717) is 5.39 Å². The molecule has 2 rings (SSSR count). The zero-order valence-corrected chi connectivity index (χ0v) is 9.41. The molecule has 1 aromatic carbocycles. The van der Waals surface area contributed by atoms with Crippen LogP contribution in [0.25, 0.3) is 10.9 Å². The summed E-state index contributed by atoms with van der Waals surface area (Å²) in [6.45, 7) is 0. The van der Waals surface area contributed by atoms with E-state index in [9.17, 15) is 8.85 Å². The van der Waals surface area contributed by atoms with Crippen LogP contribution in [0.1, 0.15) is 0 Å². The molecule has 0 aliphatic rings. The number of hydrogen-bond donors (Lipinski definition) is 3. The Labute approximate surface area is 88.0 Å². The van der Waals surface area contributed by atoms with Crippen LogP contribution in [0.4, 0.5) is 0 Å². The Hall–Kier alpha value is -1.29. The topological polar surface area (TPSA) is 90.7 Å². The Bertz CT molecular complexity index is 563. The fourth-order valence-corrected chi connectivity index (χ4v) is 3.00. The molecule has 2 aromatic rings. The first-order chi connectivity index (χ1) is 7.00. The zero-order valence-electron chi connectivity index (χ0n) is 7.53. The number of aromatic hydroxyl groups is 1. The summed E-state index contributed by atoms with van der Waals surface area (Å²) >= 11 is -4.96. The summed E-state index contributed by atoms with van der Waals surface area (Å²) in [5, 5.41) is 9.75. The van der Waals surface area contributed by atoms with E-state index in [0.717, 1.165) is 0 Å². The fourth-order valence-electron chi connectivity index (χ4n) is 1.40. The van der Waals surface area contributed by atoms with Crippen molar-refractivity contribution in [3.8, 4) is 5.75 Å². The monoisotopic (exact) mass is 269 g/mol. The summed E-state index contributed by atoms with van der Waals surface area (Å²) in [5.41, 5.74) is 0.208. The Balaban J connectivity index is 2.90. The standard InChI is InChI=1S/C9H8AsNO4/c12-8-4-3-7(10(13,14)15)6-2-1-5-11-9(6)8/h1-5,12H,(H2,13,14,15). The summed E-state index contributed by atoms with van der Waals surface area (Å²) in [5.74, 6) is -0.0849. The summed E-state index contributed by atoms with van der Waals surface area (Å²) in [6.07, 6.45) is 1.46. The van der Waals surface area contributed by atoms with Crippen molar-refractivity contribution >= 4 is 29.4 Å². The van der Waals surface area contributed by atoms with Gasteiger partial charge in [0.05, 0.1) is 0 Å². The SMILES string of the molecule is O=[As](O)(O)c1ccc(O)c2ncccc12. The van der Waals surface area contributed by atoms with Crippen LogP contribution < -0.4 is 4.35 Å². The van der Waals surface area contributed by atoms with Crippen LogP contribution in [0.15, 0.2) is 30.5 Å². The molecule has 0 fully saturated rings. The number of nitrogens with zero attached hydrogens (tertiary/aromatic N) is 1. The maximum atomic E-state index is 11.2. The van der Waals surface area contributed by atoms with E-state index in [4.69, 9.17) is 8.19 Å². The molecule has 0 spiro atoms. The van der Waals surface area contributed by atoms with Crippen molar-refractivity contribution in [2.45, 2.75) is 0 Å². The van der Waals surface area contributed by atoms with E-state index in [-0.39, 0.29) is 15.6 Å². The molecule has 1 aromatic heterocycles. The Morgan fingerprint density at radius 1 is 1.20 bits per heavy atom. The fraction of sp³-hybridized carbons (Fsp3) is 0. The number of aromatic nitrogens is 1. The van der Waals surface area contributed by atoms with Crippen LogP contribution in [-0.4, -0.2) is 32.5 Å². The molecule has 3 N–H and O–H groups in total. The van der Waals surface area contributed by atoms with E-state index in [1.807, 2.05) is 0 Å². The number of pyridine rings is 1. The van der Waals surface area contributed by atoms with E-state index in [1.54, 1.807) is 6.07 Å². The third-order valence-electron chi connectivity index (χ3n) is 2.04. The number of hydrogen-bond acceptors (Lipinski definition) is 3. The first-order valence-corrected chi connectivity index (χ1v) is 7.51. The molecule has 0 saturated heterocycles. The molecule has 0 atom stereocenters. The van der Waals surface area contributed by atoms with Gasteiger partial charge in [-0.15, -0.1) is 0 Å². The van der Waals surface area contributed by atoms with Crippen molar-refractivity contribution in [3.63, 3.8) is 0 Å². The van der Waals surface area contributed by atoms with Crippen molar-refractivity contribution in [2.75, 3.05) is 0 Å². The normalized spacial score (nSPS) is 11.9. The molecule has 78 valence electrons. The molecule has 0 aliphatic carbocycles. The van der Waals surface area contributed by atoms with Crippen LogP contribution in [0, 0.1) is 0 Å². The predicted octanol–water partition coefficient (Wildman–Crippen LogP) is -0.499. The molecule has 0 saturated carbocycles. The van der Waals surface area contributed by atoms with E-state index in [1.165, 1.54) is 24.4 Å². The van der Waals surface area contributed by atoms with Gasteiger partial charge in [0, 0.05) is 0 Å². The van der Waals surface area contributed by atoms with Crippen molar-refractivity contribution in [2.24, 2.45) is 0 Å². The molecule has 0 radical (unpaired) electrons. The van der Waals surface area contributed by atoms with Crippen LogP contribution in [0.2, 0.25) is 0 Å². The van der Waals surface area contributed by atoms with Crippen molar-refractivity contribution in [1.82, 2.24) is 4.98 Å². The third kappa shape index (κ3) is 1.77. The quantitative estimate of drug-likeness (QED) is 0.607. The van der Waals surface area contributed by atoms with Gasteiger partial charge in [0.1, 0.15) is 0 Å². The maximum absolute atomic E-state index is 11.2. The van der Waals surface area contributed by atoms with Gasteiger partial charge in [-0.1, -0.05) is 0 Å². The number of benzene rings is 1. The average Bonchev–Trinajstić information content (AvgIpc) is 2.17. The molecule has 6 heteroatoms. The number of fused-ring (bicyclic) bond motifs is 1. The van der Waals surface area contributed by atoms with Crippen molar-refractivity contribution in [1.29, 1.82) is 0 Å². The van der Waals surface area contributed by atoms with Gasteiger partial charge >= 0.3 is 87.7 Å². The van der Waals surface area contributed by atoms with Crippen molar-refractivity contribution < 1.29 is 17.0 Å². The molecule has 0 bridgehead atoms. The van der Waals surface area contributed by atoms with Gasteiger partial charge in [-0.25, -0.2) is 0 Å². The molecule has 0 amide bonds. The summed E-state index contributed by atoms with van der Waals surface area (Å²) in [4.78, 5) is 3.87. The van der Waals surface area contributed by atoms with Gasteiger partial charge in [-0.3, -0.25) is 0 Å². The predicted molar refractivity (Wildman–Crippen MR) is 53.9 cm³/mol. The van der Waals surface area contributed by atoms with Gasteiger partial charge in [0.15, 0.2) is 0 Å². The second-order valence-electron chi connectivity index (χ2n) is 3.05. The van der Waals surface area contributed by atoms with Gasteiger partial charge in [-0.05, 0) is 0 Å². The Morgan fingerprint density at radius 2 is 1.93 bits per heavy atom.